The van der Waals surface area contributed by atoms with Crippen LogP contribution in [0.1, 0.15) is 18.9 Å². The molecule has 6 nitrogen and oxygen atoms in total. The predicted octanol–water partition coefficient (Wildman–Crippen LogP) is 1.48. The summed E-state index contributed by atoms with van der Waals surface area (Å²) in [6, 6.07) is 11.3. The molecule has 25 heavy (non-hydrogen) atoms. The van der Waals surface area contributed by atoms with Crippen LogP contribution in [0.2, 0.25) is 0 Å². The van der Waals surface area contributed by atoms with Gasteiger partial charge < -0.3 is 10.6 Å². The minimum Gasteiger partial charge on any atom is -0.355 e. The second-order valence-electron chi connectivity index (χ2n) is 6.47. The highest BCUT2D eigenvalue weighted by Gasteiger charge is 2.29. The molecule has 2 rings (SSSR count). The highest BCUT2D eigenvalue weighted by atomic mass is 127. The van der Waals surface area contributed by atoms with Gasteiger partial charge in [0.05, 0.1) is 5.75 Å². The fourth-order valence-corrected chi connectivity index (χ4v) is 3.46. The molecule has 1 heterocycles. The van der Waals surface area contributed by atoms with Crippen molar-refractivity contribution in [2.45, 2.75) is 32.0 Å². The van der Waals surface area contributed by atoms with Crippen LogP contribution in [0, 0.1) is 0 Å². The van der Waals surface area contributed by atoms with Crippen LogP contribution in [-0.4, -0.2) is 63.5 Å². The van der Waals surface area contributed by atoms with Gasteiger partial charge in [-0.25, -0.2) is 8.42 Å². The molecule has 1 aromatic carbocycles. The molecule has 2 N–H and O–H groups in total. The van der Waals surface area contributed by atoms with E-state index < -0.39 is 9.84 Å². The highest BCUT2D eigenvalue weighted by Crippen LogP contribution is 2.20. The van der Waals surface area contributed by atoms with E-state index in [0.29, 0.717) is 24.6 Å². The largest absolute Gasteiger partial charge is 0.355 e. The van der Waals surface area contributed by atoms with E-state index in [1.807, 2.05) is 6.07 Å². The summed E-state index contributed by atoms with van der Waals surface area (Å²) in [6.07, 6.45) is 2.28. The van der Waals surface area contributed by atoms with Crippen molar-refractivity contribution in [2.75, 3.05) is 32.1 Å². The van der Waals surface area contributed by atoms with E-state index in [-0.39, 0.29) is 29.7 Å². The summed E-state index contributed by atoms with van der Waals surface area (Å²) >= 11 is 0. The molecule has 0 bridgehead atoms. The quantitative estimate of drug-likeness (QED) is 0.367. The zero-order valence-corrected chi connectivity index (χ0v) is 18.3. The first kappa shape index (κ1) is 22.2. The SMILES string of the molecule is CN=C(NCCS(C)(=O)=O)NC1CC(C)N(Cc2ccccc2)C1.I. The number of rotatable bonds is 6. The van der Waals surface area contributed by atoms with E-state index in [1.54, 1.807) is 7.05 Å². The predicted molar refractivity (Wildman–Crippen MR) is 114 cm³/mol. The molecule has 0 spiro atoms. The van der Waals surface area contributed by atoms with Gasteiger partial charge in [-0.1, -0.05) is 30.3 Å². The zero-order chi connectivity index (χ0) is 17.6. The molecule has 0 amide bonds. The first-order valence-electron chi connectivity index (χ1n) is 8.30. The van der Waals surface area contributed by atoms with E-state index in [2.05, 4.69) is 51.7 Å². The monoisotopic (exact) mass is 480 g/mol. The smallest absolute Gasteiger partial charge is 0.191 e. The van der Waals surface area contributed by atoms with Crippen LogP contribution >= 0.6 is 24.0 Å². The molecule has 0 saturated carbocycles. The second-order valence-corrected chi connectivity index (χ2v) is 8.73. The molecule has 142 valence electrons. The van der Waals surface area contributed by atoms with Crippen molar-refractivity contribution in [3.05, 3.63) is 35.9 Å². The van der Waals surface area contributed by atoms with Crippen LogP contribution in [0.5, 0.6) is 0 Å². The van der Waals surface area contributed by atoms with Crippen molar-refractivity contribution in [1.29, 1.82) is 0 Å². The number of hydrogen-bond acceptors (Lipinski definition) is 4. The van der Waals surface area contributed by atoms with Crippen molar-refractivity contribution < 1.29 is 8.42 Å². The van der Waals surface area contributed by atoms with Gasteiger partial charge in [-0.05, 0) is 18.9 Å². The maximum absolute atomic E-state index is 11.2. The van der Waals surface area contributed by atoms with Crippen molar-refractivity contribution in [2.24, 2.45) is 4.99 Å². The van der Waals surface area contributed by atoms with Gasteiger partial charge in [-0.3, -0.25) is 9.89 Å². The highest BCUT2D eigenvalue weighted by molar-refractivity contribution is 14.0. The number of likely N-dealkylation sites (tertiary alicyclic amines) is 1. The van der Waals surface area contributed by atoms with Gasteiger partial charge in [0.1, 0.15) is 9.84 Å². The Balaban J connectivity index is 0.00000312. The standard InChI is InChI=1S/C17H28N4O2S.HI/c1-14-11-16(13-21(14)12-15-7-5-4-6-8-15)20-17(18-2)19-9-10-24(3,22)23;/h4-8,14,16H,9-13H2,1-3H3,(H2,18,19,20);1H. The molecule has 1 saturated heterocycles. The van der Waals surface area contributed by atoms with E-state index >= 15 is 0 Å². The van der Waals surface area contributed by atoms with E-state index in [1.165, 1.54) is 11.8 Å². The van der Waals surface area contributed by atoms with Crippen LogP contribution in [0.25, 0.3) is 0 Å². The van der Waals surface area contributed by atoms with Crippen molar-refractivity contribution >= 4 is 39.8 Å². The maximum atomic E-state index is 11.2. The summed E-state index contributed by atoms with van der Waals surface area (Å²) in [5, 5.41) is 6.47. The molecule has 0 aliphatic carbocycles. The third-order valence-electron chi connectivity index (χ3n) is 4.26. The number of sulfone groups is 1. The van der Waals surface area contributed by atoms with Gasteiger partial charge in [0.2, 0.25) is 0 Å². The lowest BCUT2D eigenvalue weighted by molar-refractivity contribution is 0.258. The summed E-state index contributed by atoms with van der Waals surface area (Å²) < 4.78 is 22.4. The molecule has 2 atom stereocenters. The zero-order valence-electron chi connectivity index (χ0n) is 15.1. The Labute approximate surface area is 168 Å². The van der Waals surface area contributed by atoms with Crippen LogP contribution in [0.3, 0.4) is 0 Å². The summed E-state index contributed by atoms with van der Waals surface area (Å²) in [5.74, 6) is 0.770. The fraction of sp³-hybridized carbons (Fsp3) is 0.588. The van der Waals surface area contributed by atoms with Gasteiger partial charge in [-0.15, -0.1) is 24.0 Å². The number of nitrogens with one attached hydrogen (secondary N) is 2. The molecule has 1 aliphatic rings. The Morgan fingerprint density at radius 2 is 2.00 bits per heavy atom. The van der Waals surface area contributed by atoms with E-state index in [0.717, 1.165) is 19.5 Å². The molecule has 1 fully saturated rings. The molecule has 2 unspecified atom stereocenters. The number of aliphatic imine (C=N–C) groups is 1. The summed E-state index contributed by atoms with van der Waals surface area (Å²) in [4.78, 5) is 6.64. The molecule has 1 aromatic rings. The Kier molecular flexibility index (Phi) is 9.15. The first-order valence-corrected chi connectivity index (χ1v) is 10.4. The lowest BCUT2D eigenvalue weighted by atomic mass is 10.2. The normalized spacial score (nSPS) is 21.6. The molecule has 0 radical (unpaired) electrons. The average Bonchev–Trinajstić information content (AvgIpc) is 2.85. The lowest BCUT2D eigenvalue weighted by Gasteiger charge is -2.21. The van der Waals surface area contributed by atoms with Crippen molar-refractivity contribution in [3.63, 3.8) is 0 Å². The Bertz CT molecular complexity index is 652. The van der Waals surface area contributed by atoms with E-state index in [4.69, 9.17) is 0 Å². The van der Waals surface area contributed by atoms with Crippen LogP contribution in [0.15, 0.2) is 35.3 Å². The maximum Gasteiger partial charge on any atom is 0.191 e. The fourth-order valence-electron chi connectivity index (χ4n) is 2.98. The van der Waals surface area contributed by atoms with Gasteiger partial charge in [0.25, 0.3) is 0 Å². The van der Waals surface area contributed by atoms with Gasteiger partial charge in [-0.2, -0.15) is 0 Å². The molecule has 1 aliphatic heterocycles. The van der Waals surface area contributed by atoms with Gasteiger partial charge >= 0.3 is 0 Å². The summed E-state index contributed by atoms with van der Waals surface area (Å²) in [5.41, 5.74) is 1.32. The van der Waals surface area contributed by atoms with Crippen molar-refractivity contribution in [1.82, 2.24) is 15.5 Å². The van der Waals surface area contributed by atoms with Crippen LogP contribution in [-0.2, 0) is 16.4 Å². The number of benzene rings is 1. The minimum absolute atomic E-state index is 0. The average molecular weight is 480 g/mol. The number of nitrogens with zero attached hydrogens (tertiary/aromatic N) is 2. The Morgan fingerprint density at radius 1 is 1.32 bits per heavy atom. The van der Waals surface area contributed by atoms with Gasteiger partial charge in [0, 0.05) is 45.0 Å². The Morgan fingerprint density at radius 3 is 2.60 bits per heavy atom. The number of halogens is 1. The molecular weight excluding hydrogens is 451 g/mol. The second kappa shape index (κ2) is 10.3. The van der Waals surface area contributed by atoms with Crippen LogP contribution in [0.4, 0.5) is 0 Å². The van der Waals surface area contributed by atoms with E-state index in [9.17, 15) is 8.42 Å². The lowest BCUT2D eigenvalue weighted by Crippen LogP contribution is -2.45. The third-order valence-corrected chi connectivity index (χ3v) is 5.21. The molecular formula is C17H29IN4O2S. The third kappa shape index (κ3) is 7.91. The number of hydrogen-bond donors (Lipinski definition) is 2. The minimum atomic E-state index is -2.96. The summed E-state index contributed by atoms with van der Waals surface area (Å²) in [6.45, 7) is 4.50. The molecule has 0 aromatic heterocycles. The number of guanidine groups is 1. The van der Waals surface area contributed by atoms with Crippen LogP contribution < -0.4 is 10.6 Å². The topological polar surface area (TPSA) is 73.8 Å². The first-order chi connectivity index (χ1) is 11.4. The van der Waals surface area contributed by atoms with Gasteiger partial charge in [0.15, 0.2) is 5.96 Å². The van der Waals surface area contributed by atoms with Crippen molar-refractivity contribution in [3.8, 4) is 0 Å². The summed E-state index contributed by atoms with van der Waals surface area (Å²) in [7, 11) is -1.26. The molecule has 8 heteroatoms. The Hall–Kier alpha value is -0.870.